The summed E-state index contributed by atoms with van der Waals surface area (Å²) in [5.41, 5.74) is 0. The summed E-state index contributed by atoms with van der Waals surface area (Å²) in [7, 11) is 0. The molecule has 1 aliphatic rings. The van der Waals surface area contributed by atoms with Crippen molar-refractivity contribution in [3.63, 3.8) is 0 Å². The summed E-state index contributed by atoms with van der Waals surface area (Å²) >= 11 is 0. The maximum Gasteiger partial charge on any atom is 0.315 e. The van der Waals surface area contributed by atoms with E-state index in [1.54, 1.807) is 6.20 Å². The summed E-state index contributed by atoms with van der Waals surface area (Å²) in [5.74, 6) is 0.682. The zero-order valence-electron chi connectivity index (χ0n) is 12.1. The molecule has 5 heteroatoms. The standard InChI is InChI=1S/C15H23N3O2/c1-11(2)17-15(19)18-12-6-8-13(9-7-12)20-14-5-3-4-10-16-14/h3-5,10-13H,6-9H2,1-2H3,(H2,17,18,19). The van der Waals surface area contributed by atoms with Gasteiger partial charge in [0.2, 0.25) is 5.88 Å². The smallest absolute Gasteiger partial charge is 0.315 e. The summed E-state index contributed by atoms with van der Waals surface area (Å²) in [6.45, 7) is 3.91. The van der Waals surface area contributed by atoms with Gasteiger partial charge >= 0.3 is 6.03 Å². The number of pyridine rings is 1. The molecular weight excluding hydrogens is 254 g/mol. The molecule has 1 aromatic heterocycles. The predicted octanol–water partition coefficient (Wildman–Crippen LogP) is 2.48. The van der Waals surface area contributed by atoms with Crippen LogP contribution in [0.2, 0.25) is 0 Å². The van der Waals surface area contributed by atoms with Crippen molar-refractivity contribution >= 4 is 6.03 Å². The first kappa shape index (κ1) is 14.6. The average molecular weight is 277 g/mol. The number of carbonyl (C=O) groups is 1. The number of carbonyl (C=O) groups excluding carboxylic acids is 1. The van der Waals surface area contributed by atoms with Crippen LogP contribution in [0.25, 0.3) is 0 Å². The minimum absolute atomic E-state index is 0.0749. The maximum absolute atomic E-state index is 11.6. The van der Waals surface area contributed by atoms with Gasteiger partial charge in [0.05, 0.1) is 0 Å². The highest BCUT2D eigenvalue weighted by Gasteiger charge is 2.23. The number of nitrogens with zero attached hydrogens (tertiary/aromatic N) is 1. The van der Waals surface area contributed by atoms with Gasteiger partial charge in [-0.15, -0.1) is 0 Å². The number of hydrogen-bond acceptors (Lipinski definition) is 3. The lowest BCUT2D eigenvalue weighted by atomic mass is 9.93. The molecule has 1 saturated carbocycles. The second-order valence-electron chi connectivity index (χ2n) is 5.53. The van der Waals surface area contributed by atoms with Crippen LogP contribution in [0.5, 0.6) is 5.88 Å². The van der Waals surface area contributed by atoms with E-state index in [4.69, 9.17) is 4.74 Å². The summed E-state index contributed by atoms with van der Waals surface area (Å²) in [4.78, 5) is 15.8. The molecule has 2 N–H and O–H groups in total. The van der Waals surface area contributed by atoms with Crippen LogP contribution in [0, 0.1) is 0 Å². The first-order chi connectivity index (χ1) is 9.63. The number of rotatable bonds is 4. The van der Waals surface area contributed by atoms with Crippen LogP contribution in [0.15, 0.2) is 24.4 Å². The minimum Gasteiger partial charge on any atom is -0.474 e. The van der Waals surface area contributed by atoms with Crippen molar-refractivity contribution < 1.29 is 9.53 Å². The fraction of sp³-hybridized carbons (Fsp3) is 0.600. The highest BCUT2D eigenvalue weighted by atomic mass is 16.5. The number of urea groups is 1. The molecule has 2 rings (SSSR count). The normalized spacial score (nSPS) is 22.4. The van der Waals surface area contributed by atoms with Crippen LogP contribution in [-0.2, 0) is 0 Å². The minimum atomic E-state index is -0.0749. The van der Waals surface area contributed by atoms with Gasteiger partial charge in [-0.25, -0.2) is 9.78 Å². The molecule has 0 aliphatic heterocycles. The Kier molecular flexibility index (Phi) is 5.21. The third-order valence-electron chi connectivity index (χ3n) is 3.35. The van der Waals surface area contributed by atoms with E-state index in [2.05, 4.69) is 15.6 Å². The van der Waals surface area contributed by atoms with Crippen molar-refractivity contribution in [2.45, 2.75) is 57.7 Å². The van der Waals surface area contributed by atoms with Gasteiger partial charge < -0.3 is 15.4 Å². The van der Waals surface area contributed by atoms with Gasteiger partial charge in [-0.1, -0.05) is 6.07 Å². The molecule has 0 radical (unpaired) electrons. The molecule has 5 nitrogen and oxygen atoms in total. The molecule has 0 spiro atoms. The maximum atomic E-state index is 11.6. The molecule has 1 aliphatic carbocycles. The van der Waals surface area contributed by atoms with Gasteiger partial charge in [0, 0.05) is 24.3 Å². The Labute approximate surface area is 120 Å². The SMILES string of the molecule is CC(C)NC(=O)NC1CCC(Oc2ccccn2)CC1. The molecule has 0 bridgehead atoms. The second kappa shape index (κ2) is 7.12. The summed E-state index contributed by atoms with van der Waals surface area (Å²) in [5, 5.41) is 5.86. The Morgan fingerprint density at radius 2 is 2.05 bits per heavy atom. The quantitative estimate of drug-likeness (QED) is 0.888. The first-order valence-corrected chi connectivity index (χ1v) is 7.28. The van der Waals surface area contributed by atoms with E-state index in [-0.39, 0.29) is 24.2 Å². The molecule has 110 valence electrons. The molecule has 0 atom stereocenters. The Hall–Kier alpha value is -1.78. The lowest BCUT2D eigenvalue weighted by Gasteiger charge is -2.29. The molecule has 1 aromatic rings. The first-order valence-electron chi connectivity index (χ1n) is 7.28. The van der Waals surface area contributed by atoms with Gasteiger partial charge in [0.1, 0.15) is 6.10 Å². The van der Waals surface area contributed by atoms with Gasteiger partial charge in [-0.3, -0.25) is 0 Å². The second-order valence-corrected chi connectivity index (χ2v) is 5.53. The third kappa shape index (κ3) is 4.72. The van der Waals surface area contributed by atoms with E-state index in [0.717, 1.165) is 25.7 Å². The number of nitrogens with one attached hydrogen (secondary N) is 2. The van der Waals surface area contributed by atoms with Gasteiger partial charge in [-0.05, 0) is 45.6 Å². The predicted molar refractivity (Wildman–Crippen MR) is 77.7 cm³/mol. The molecular formula is C15H23N3O2. The molecule has 1 heterocycles. The molecule has 1 fully saturated rings. The fourth-order valence-corrected chi connectivity index (χ4v) is 2.40. The Morgan fingerprint density at radius 1 is 1.30 bits per heavy atom. The summed E-state index contributed by atoms with van der Waals surface area (Å²) in [6.07, 6.45) is 5.73. The van der Waals surface area contributed by atoms with Crippen LogP contribution in [-0.4, -0.2) is 29.2 Å². The molecule has 20 heavy (non-hydrogen) atoms. The van der Waals surface area contributed by atoms with E-state index >= 15 is 0 Å². The van der Waals surface area contributed by atoms with Gasteiger partial charge in [0.15, 0.2) is 0 Å². The van der Waals surface area contributed by atoms with Gasteiger partial charge in [-0.2, -0.15) is 0 Å². The van der Waals surface area contributed by atoms with Crippen molar-refractivity contribution in [1.82, 2.24) is 15.6 Å². The van der Waals surface area contributed by atoms with E-state index < -0.39 is 0 Å². The van der Waals surface area contributed by atoms with Crippen molar-refractivity contribution in [2.24, 2.45) is 0 Å². The van der Waals surface area contributed by atoms with E-state index in [0.29, 0.717) is 5.88 Å². The fourth-order valence-electron chi connectivity index (χ4n) is 2.40. The van der Waals surface area contributed by atoms with Crippen molar-refractivity contribution in [1.29, 1.82) is 0 Å². The average Bonchev–Trinajstić information content (AvgIpc) is 2.41. The largest absolute Gasteiger partial charge is 0.474 e. The van der Waals surface area contributed by atoms with E-state index in [9.17, 15) is 4.79 Å². The van der Waals surface area contributed by atoms with Crippen LogP contribution < -0.4 is 15.4 Å². The monoisotopic (exact) mass is 277 g/mol. The highest BCUT2D eigenvalue weighted by Crippen LogP contribution is 2.22. The molecule has 0 saturated heterocycles. The van der Waals surface area contributed by atoms with Crippen LogP contribution in [0.1, 0.15) is 39.5 Å². The highest BCUT2D eigenvalue weighted by molar-refractivity contribution is 5.74. The molecule has 0 aromatic carbocycles. The summed E-state index contributed by atoms with van der Waals surface area (Å²) in [6, 6.07) is 6.01. The van der Waals surface area contributed by atoms with Crippen LogP contribution >= 0.6 is 0 Å². The number of hydrogen-bond donors (Lipinski definition) is 2. The topological polar surface area (TPSA) is 63.2 Å². The Bertz CT molecular complexity index is 414. The lowest BCUT2D eigenvalue weighted by molar-refractivity contribution is 0.134. The van der Waals surface area contributed by atoms with Crippen molar-refractivity contribution in [2.75, 3.05) is 0 Å². The Balaban J connectivity index is 1.71. The number of ether oxygens (including phenoxy) is 1. The summed E-state index contributed by atoms with van der Waals surface area (Å²) < 4.78 is 5.83. The Morgan fingerprint density at radius 3 is 2.65 bits per heavy atom. The van der Waals surface area contributed by atoms with Gasteiger partial charge in [0.25, 0.3) is 0 Å². The van der Waals surface area contributed by atoms with Crippen LogP contribution in [0.3, 0.4) is 0 Å². The zero-order valence-corrected chi connectivity index (χ0v) is 12.1. The molecule has 0 unspecified atom stereocenters. The van der Waals surface area contributed by atoms with Crippen molar-refractivity contribution in [3.8, 4) is 5.88 Å². The van der Waals surface area contributed by atoms with Crippen LogP contribution in [0.4, 0.5) is 4.79 Å². The third-order valence-corrected chi connectivity index (χ3v) is 3.35. The lowest BCUT2D eigenvalue weighted by Crippen LogP contribution is -2.46. The van der Waals surface area contributed by atoms with Crippen molar-refractivity contribution in [3.05, 3.63) is 24.4 Å². The molecule has 2 amide bonds. The number of aromatic nitrogens is 1. The number of amides is 2. The zero-order chi connectivity index (χ0) is 14.4. The van der Waals surface area contributed by atoms with E-state index in [1.807, 2.05) is 32.0 Å². The van der Waals surface area contributed by atoms with E-state index in [1.165, 1.54) is 0 Å².